The molecule has 0 saturated heterocycles. The Kier molecular flexibility index (Phi) is 6.03. The topological polar surface area (TPSA) is 84.8 Å². The summed E-state index contributed by atoms with van der Waals surface area (Å²) in [5.74, 6) is 0.855. The Labute approximate surface area is 144 Å². The van der Waals surface area contributed by atoms with Gasteiger partial charge in [0.1, 0.15) is 11.5 Å². The summed E-state index contributed by atoms with van der Waals surface area (Å²) < 4.78 is 10.4. The molecule has 24 heavy (non-hydrogen) atoms. The van der Waals surface area contributed by atoms with E-state index in [4.69, 9.17) is 31.6 Å². The molecule has 2 aromatic rings. The quantitative estimate of drug-likeness (QED) is 0.351. The highest BCUT2D eigenvalue weighted by Gasteiger charge is 2.10. The summed E-state index contributed by atoms with van der Waals surface area (Å²) in [6.45, 7) is 1.58. The molecule has 0 aliphatic rings. The highest BCUT2D eigenvalue weighted by molar-refractivity contribution is 6.30. The summed E-state index contributed by atoms with van der Waals surface area (Å²) >= 11 is 5.86. The molecule has 0 heterocycles. The number of nitrogen functional groups attached to an aromatic ring is 1. The highest BCUT2D eigenvalue weighted by atomic mass is 35.5. The molecule has 0 aliphatic heterocycles. The van der Waals surface area contributed by atoms with E-state index in [2.05, 4.69) is 5.16 Å². The number of rotatable bonds is 6. The predicted octanol–water partition coefficient (Wildman–Crippen LogP) is 0.980. The van der Waals surface area contributed by atoms with Gasteiger partial charge in [0.25, 0.3) is 0 Å². The third kappa shape index (κ3) is 4.89. The van der Waals surface area contributed by atoms with Gasteiger partial charge in [-0.05, 0) is 55.0 Å². The number of nitrogens with one attached hydrogen (secondary N) is 1. The van der Waals surface area contributed by atoms with Crippen LogP contribution in [0.25, 0.3) is 0 Å². The number of benzene rings is 2. The summed E-state index contributed by atoms with van der Waals surface area (Å²) in [6, 6.07) is 12.1. The Morgan fingerprint density at radius 2 is 1.92 bits per heavy atom. The van der Waals surface area contributed by atoms with Crippen LogP contribution in [0.5, 0.6) is 11.5 Å². The van der Waals surface area contributed by atoms with Crippen molar-refractivity contribution in [3.8, 4) is 11.5 Å². The van der Waals surface area contributed by atoms with E-state index in [9.17, 15) is 4.79 Å². The fourth-order valence-electron chi connectivity index (χ4n) is 1.88. The lowest BCUT2D eigenvalue weighted by Gasteiger charge is -2.07. The number of methoxy groups -OCH3 is 1. The summed E-state index contributed by atoms with van der Waals surface area (Å²) in [6.07, 6.45) is 0. The first kappa shape index (κ1) is 17.6. The molecule has 6 nitrogen and oxygen atoms in total. The van der Waals surface area contributed by atoms with Crippen molar-refractivity contribution in [1.82, 2.24) is 0 Å². The average Bonchev–Trinajstić information content (AvgIpc) is 2.59. The molecule has 126 valence electrons. The van der Waals surface area contributed by atoms with Crippen molar-refractivity contribution in [3.05, 3.63) is 58.6 Å². The molecule has 0 fully saturated rings. The Morgan fingerprint density at radius 3 is 2.54 bits per heavy atom. The molecule has 0 amide bonds. The molecular weight excluding hydrogens is 332 g/mol. The SMILES string of the molecule is COc1ccc(C(N)=[NH+]OC(=O)COc2ccc(Cl)cc2C)cc1. The minimum atomic E-state index is -0.610. The minimum absolute atomic E-state index is 0.202. The van der Waals surface area contributed by atoms with Gasteiger partial charge in [-0.1, -0.05) is 16.8 Å². The molecular formula is C17H18ClN2O4+. The largest absolute Gasteiger partial charge is 0.497 e. The molecule has 0 aromatic heterocycles. The molecule has 0 spiro atoms. The zero-order valence-electron chi connectivity index (χ0n) is 13.3. The van der Waals surface area contributed by atoms with Gasteiger partial charge in [-0.15, -0.1) is 0 Å². The normalized spacial score (nSPS) is 11.0. The van der Waals surface area contributed by atoms with Crippen molar-refractivity contribution in [1.29, 1.82) is 0 Å². The predicted molar refractivity (Wildman–Crippen MR) is 90.0 cm³/mol. The smallest absolute Gasteiger partial charge is 0.394 e. The van der Waals surface area contributed by atoms with Crippen molar-refractivity contribution in [2.75, 3.05) is 13.7 Å². The molecule has 3 N–H and O–H groups in total. The third-order valence-corrected chi connectivity index (χ3v) is 3.39. The average molecular weight is 350 g/mol. The zero-order chi connectivity index (χ0) is 17.5. The second-order valence-corrected chi connectivity index (χ2v) is 5.35. The van der Waals surface area contributed by atoms with Gasteiger partial charge in [0.2, 0.25) is 0 Å². The van der Waals surface area contributed by atoms with E-state index < -0.39 is 5.97 Å². The maximum absolute atomic E-state index is 11.7. The number of hydrogen-bond donors (Lipinski definition) is 2. The van der Waals surface area contributed by atoms with Crippen molar-refractivity contribution in [2.24, 2.45) is 5.73 Å². The van der Waals surface area contributed by atoms with E-state index in [1.807, 2.05) is 6.92 Å². The van der Waals surface area contributed by atoms with Gasteiger partial charge in [0, 0.05) is 5.02 Å². The molecule has 0 saturated carbocycles. The summed E-state index contributed by atoms with van der Waals surface area (Å²) in [7, 11) is 1.57. The van der Waals surface area contributed by atoms with Gasteiger partial charge >= 0.3 is 11.8 Å². The number of aryl methyl sites for hydroxylation is 1. The van der Waals surface area contributed by atoms with Crippen LogP contribution in [0.1, 0.15) is 11.1 Å². The van der Waals surface area contributed by atoms with E-state index in [1.54, 1.807) is 49.6 Å². The molecule has 0 unspecified atom stereocenters. The number of amidine groups is 1. The van der Waals surface area contributed by atoms with Crippen molar-refractivity contribution >= 4 is 23.4 Å². The Bertz CT molecular complexity index is 745. The lowest BCUT2D eigenvalue weighted by atomic mass is 10.2. The molecule has 0 bridgehead atoms. The van der Waals surface area contributed by atoms with Gasteiger partial charge in [-0.3, -0.25) is 10.6 Å². The van der Waals surface area contributed by atoms with E-state index in [0.717, 1.165) is 5.56 Å². The Morgan fingerprint density at radius 1 is 1.21 bits per heavy atom. The number of hydrogen-bond acceptors (Lipinski definition) is 4. The second-order valence-electron chi connectivity index (χ2n) is 4.92. The first-order valence-corrected chi connectivity index (χ1v) is 7.49. The van der Waals surface area contributed by atoms with Crippen LogP contribution in [0, 0.1) is 6.92 Å². The minimum Gasteiger partial charge on any atom is -0.497 e. The lowest BCUT2D eigenvalue weighted by Crippen LogP contribution is -2.76. The summed E-state index contributed by atoms with van der Waals surface area (Å²) in [5, 5.41) is 3.00. The van der Waals surface area contributed by atoms with Crippen LogP contribution in [-0.4, -0.2) is 25.5 Å². The van der Waals surface area contributed by atoms with Gasteiger partial charge in [-0.25, -0.2) is 4.79 Å². The standard InChI is InChI=1S/C17H17ClN2O4/c1-11-9-13(18)5-8-15(11)23-10-16(21)24-20-17(19)12-3-6-14(22-2)7-4-12/h3-9H,10H2,1-2H3,(H2,19,20)/p+1. The van der Waals surface area contributed by atoms with E-state index in [0.29, 0.717) is 22.1 Å². The number of carbonyl (C=O) groups is 1. The van der Waals surface area contributed by atoms with Crippen LogP contribution < -0.4 is 20.4 Å². The molecule has 0 radical (unpaired) electrons. The number of ether oxygens (including phenoxy) is 2. The van der Waals surface area contributed by atoms with Gasteiger partial charge < -0.3 is 9.47 Å². The highest BCUT2D eigenvalue weighted by Crippen LogP contribution is 2.21. The molecule has 0 atom stereocenters. The molecule has 2 rings (SSSR count). The Balaban J connectivity index is 1.89. The zero-order valence-corrected chi connectivity index (χ0v) is 14.1. The van der Waals surface area contributed by atoms with Crippen LogP contribution in [-0.2, 0) is 9.63 Å². The number of nitrogens with two attached hydrogens (primary N) is 1. The van der Waals surface area contributed by atoms with E-state index in [-0.39, 0.29) is 12.4 Å². The van der Waals surface area contributed by atoms with Crippen molar-refractivity contribution in [2.45, 2.75) is 6.92 Å². The number of halogens is 1. The second kappa shape index (κ2) is 8.21. The van der Waals surface area contributed by atoms with Crippen LogP contribution in [0.15, 0.2) is 42.5 Å². The summed E-state index contributed by atoms with van der Waals surface area (Å²) in [5.41, 5.74) is 7.31. The van der Waals surface area contributed by atoms with Gasteiger partial charge in [0.15, 0.2) is 6.61 Å². The fraction of sp³-hybridized carbons (Fsp3) is 0.176. The third-order valence-electron chi connectivity index (χ3n) is 3.16. The maximum atomic E-state index is 11.7. The van der Waals surface area contributed by atoms with Crippen LogP contribution in [0.3, 0.4) is 0 Å². The van der Waals surface area contributed by atoms with E-state index >= 15 is 0 Å². The fourth-order valence-corrected chi connectivity index (χ4v) is 2.11. The first-order valence-electron chi connectivity index (χ1n) is 7.11. The monoisotopic (exact) mass is 349 g/mol. The Hall–Kier alpha value is -2.73. The molecule has 2 aromatic carbocycles. The van der Waals surface area contributed by atoms with Crippen molar-refractivity contribution in [3.63, 3.8) is 0 Å². The van der Waals surface area contributed by atoms with Gasteiger partial charge in [0.05, 0.1) is 12.7 Å². The molecule has 7 heteroatoms. The summed E-state index contributed by atoms with van der Waals surface area (Å²) in [4.78, 5) is 16.6. The van der Waals surface area contributed by atoms with E-state index in [1.165, 1.54) is 0 Å². The lowest BCUT2D eigenvalue weighted by molar-refractivity contribution is -0.724. The first-order chi connectivity index (χ1) is 11.5. The number of carbonyl (C=O) groups excluding carboxylic acids is 1. The maximum Gasteiger partial charge on any atom is 0.394 e. The van der Waals surface area contributed by atoms with Crippen LogP contribution >= 0.6 is 11.6 Å². The van der Waals surface area contributed by atoms with Crippen molar-refractivity contribution < 1.29 is 24.3 Å². The molecule has 0 aliphatic carbocycles. The van der Waals surface area contributed by atoms with Crippen LogP contribution in [0.4, 0.5) is 0 Å². The van der Waals surface area contributed by atoms with Gasteiger partial charge in [-0.2, -0.15) is 0 Å². The van der Waals surface area contributed by atoms with Crippen LogP contribution in [0.2, 0.25) is 5.02 Å².